The lowest BCUT2D eigenvalue weighted by molar-refractivity contribution is -0.128. The van der Waals surface area contributed by atoms with Gasteiger partial charge in [0.15, 0.2) is 0 Å². The lowest BCUT2D eigenvalue weighted by Crippen LogP contribution is -2.32. The van der Waals surface area contributed by atoms with Crippen molar-refractivity contribution in [1.82, 2.24) is 10.2 Å². The van der Waals surface area contributed by atoms with Crippen molar-refractivity contribution >= 4 is 5.91 Å². The van der Waals surface area contributed by atoms with Gasteiger partial charge in [0, 0.05) is 12.1 Å². The first-order valence-electron chi connectivity index (χ1n) is 6.71. The Morgan fingerprint density at radius 3 is 2.80 bits per heavy atom. The molecular formula is C14H16F2N2O2. The van der Waals surface area contributed by atoms with Gasteiger partial charge in [-0.2, -0.15) is 8.78 Å². The van der Waals surface area contributed by atoms with Gasteiger partial charge < -0.3 is 9.64 Å². The molecule has 1 amide bonds. The molecule has 0 spiro atoms. The molecule has 1 saturated carbocycles. The predicted molar refractivity (Wildman–Crippen MR) is 68.3 cm³/mol. The van der Waals surface area contributed by atoms with Crippen LogP contribution in [0.1, 0.15) is 24.6 Å². The fourth-order valence-electron chi connectivity index (χ4n) is 2.51. The number of hydrogen-bond donors (Lipinski definition) is 1. The lowest BCUT2D eigenvalue weighted by atomic mass is 10.1. The second-order valence-electron chi connectivity index (χ2n) is 5.19. The summed E-state index contributed by atoms with van der Waals surface area (Å²) >= 11 is 0. The van der Waals surface area contributed by atoms with E-state index in [0.717, 1.165) is 12.8 Å². The molecule has 1 atom stereocenters. The quantitative estimate of drug-likeness (QED) is 0.899. The first-order valence-corrected chi connectivity index (χ1v) is 6.71. The maximum absolute atomic E-state index is 12.5. The molecule has 20 heavy (non-hydrogen) atoms. The van der Waals surface area contributed by atoms with Crippen molar-refractivity contribution in [2.75, 3.05) is 13.1 Å². The lowest BCUT2D eigenvalue weighted by Gasteiger charge is -2.26. The first kappa shape index (κ1) is 13.3. The molecule has 3 rings (SSSR count). The van der Waals surface area contributed by atoms with Crippen molar-refractivity contribution < 1.29 is 18.3 Å². The highest BCUT2D eigenvalue weighted by atomic mass is 19.3. The molecule has 1 aliphatic carbocycles. The number of halogens is 2. The summed E-state index contributed by atoms with van der Waals surface area (Å²) in [7, 11) is 0. The Kier molecular flexibility index (Phi) is 3.56. The van der Waals surface area contributed by atoms with Crippen LogP contribution in [0, 0.1) is 5.92 Å². The van der Waals surface area contributed by atoms with Crippen LogP contribution in [0.25, 0.3) is 0 Å². The van der Waals surface area contributed by atoms with Crippen LogP contribution in [-0.2, 0) is 4.79 Å². The Morgan fingerprint density at radius 1 is 1.35 bits per heavy atom. The Morgan fingerprint density at radius 2 is 2.10 bits per heavy atom. The van der Waals surface area contributed by atoms with Crippen LogP contribution in [-0.4, -0.2) is 30.5 Å². The topological polar surface area (TPSA) is 41.6 Å². The molecule has 6 heteroatoms. The van der Waals surface area contributed by atoms with Crippen molar-refractivity contribution in [3.05, 3.63) is 29.8 Å². The number of rotatable bonds is 5. The van der Waals surface area contributed by atoms with Gasteiger partial charge in [0.2, 0.25) is 5.91 Å². The van der Waals surface area contributed by atoms with E-state index in [-0.39, 0.29) is 24.4 Å². The second-order valence-corrected chi connectivity index (χ2v) is 5.19. The molecule has 4 nitrogen and oxygen atoms in total. The fourth-order valence-corrected chi connectivity index (χ4v) is 2.51. The van der Waals surface area contributed by atoms with E-state index >= 15 is 0 Å². The monoisotopic (exact) mass is 282 g/mol. The first-order chi connectivity index (χ1) is 9.65. The van der Waals surface area contributed by atoms with E-state index in [1.165, 1.54) is 6.07 Å². The van der Waals surface area contributed by atoms with E-state index < -0.39 is 6.61 Å². The zero-order valence-electron chi connectivity index (χ0n) is 10.9. The van der Waals surface area contributed by atoms with Gasteiger partial charge in [-0.15, -0.1) is 0 Å². The molecule has 2 fully saturated rings. The smallest absolute Gasteiger partial charge is 0.387 e. The number of amides is 1. The molecular weight excluding hydrogens is 266 g/mol. The predicted octanol–water partition coefficient (Wildman–Crippen LogP) is 2.13. The molecule has 1 heterocycles. The molecule has 1 unspecified atom stereocenters. The third kappa shape index (κ3) is 2.75. The third-order valence-electron chi connectivity index (χ3n) is 3.66. The van der Waals surface area contributed by atoms with Gasteiger partial charge in [0.05, 0.1) is 6.54 Å². The minimum Gasteiger partial charge on any atom is -0.434 e. The minimum absolute atomic E-state index is 0.00810. The zero-order valence-corrected chi connectivity index (χ0v) is 10.9. The Balaban J connectivity index is 1.84. The number of ether oxygens (including phenoxy) is 1. The van der Waals surface area contributed by atoms with Crippen molar-refractivity contribution in [3.63, 3.8) is 0 Å². The molecule has 2 aliphatic rings. The summed E-state index contributed by atoms with van der Waals surface area (Å²) in [4.78, 5) is 13.7. The van der Waals surface area contributed by atoms with Gasteiger partial charge in [-0.3, -0.25) is 10.1 Å². The SMILES string of the molecule is O=C1CNC(c2ccccc2OC(F)F)N1CC1CC1. The second kappa shape index (κ2) is 5.36. The van der Waals surface area contributed by atoms with Crippen molar-refractivity contribution in [2.24, 2.45) is 5.92 Å². The zero-order chi connectivity index (χ0) is 14.1. The summed E-state index contributed by atoms with van der Waals surface area (Å²) in [5, 5.41) is 3.07. The number of nitrogens with one attached hydrogen (secondary N) is 1. The highest BCUT2D eigenvalue weighted by Crippen LogP contribution is 2.36. The minimum atomic E-state index is -2.87. The summed E-state index contributed by atoms with van der Waals surface area (Å²) in [6.07, 6.45) is 1.88. The molecule has 1 aliphatic heterocycles. The van der Waals surface area contributed by atoms with Gasteiger partial charge in [-0.25, -0.2) is 0 Å². The molecule has 0 aromatic heterocycles. The van der Waals surface area contributed by atoms with Crippen LogP contribution in [0.15, 0.2) is 24.3 Å². The highest BCUT2D eigenvalue weighted by molar-refractivity contribution is 5.81. The van der Waals surface area contributed by atoms with Crippen molar-refractivity contribution in [1.29, 1.82) is 0 Å². The fraction of sp³-hybridized carbons (Fsp3) is 0.500. The standard InChI is InChI=1S/C14H16F2N2O2/c15-14(16)20-11-4-2-1-3-10(11)13-17-7-12(19)18(13)8-9-5-6-9/h1-4,9,13-14,17H,5-8H2. The molecule has 1 N–H and O–H groups in total. The van der Waals surface area contributed by atoms with Gasteiger partial charge in [0.1, 0.15) is 11.9 Å². The number of carbonyl (C=O) groups excluding carboxylic acids is 1. The van der Waals surface area contributed by atoms with Crippen LogP contribution in [0.3, 0.4) is 0 Å². The molecule has 0 bridgehead atoms. The van der Waals surface area contributed by atoms with Gasteiger partial charge >= 0.3 is 6.61 Å². The Labute approximate surface area is 115 Å². The number of benzene rings is 1. The Bertz CT molecular complexity index is 506. The van der Waals surface area contributed by atoms with Crippen LogP contribution in [0.4, 0.5) is 8.78 Å². The summed E-state index contributed by atoms with van der Waals surface area (Å²) < 4.78 is 29.5. The maximum atomic E-state index is 12.5. The van der Waals surface area contributed by atoms with Crippen LogP contribution < -0.4 is 10.1 Å². The molecule has 0 radical (unpaired) electrons. The summed E-state index contributed by atoms with van der Waals surface area (Å²) in [6, 6.07) is 6.62. The highest BCUT2D eigenvalue weighted by Gasteiger charge is 2.37. The van der Waals surface area contributed by atoms with E-state index in [1.54, 1.807) is 23.1 Å². The average Bonchev–Trinajstić information content (AvgIpc) is 3.15. The van der Waals surface area contributed by atoms with E-state index in [4.69, 9.17) is 0 Å². The normalized spacial score (nSPS) is 22.6. The van der Waals surface area contributed by atoms with E-state index in [0.29, 0.717) is 18.0 Å². The molecule has 108 valence electrons. The summed E-state index contributed by atoms with van der Waals surface area (Å²) in [6.45, 7) is -1.95. The Hall–Kier alpha value is -1.69. The van der Waals surface area contributed by atoms with Gasteiger partial charge in [0.25, 0.3) is 0 Å². The average molecular weight is 282 g/mol. The number of alkyl halides is 2. The number of carbonyl (C=O) groups is 1. The van der Waals surface area contributed by atoms with Gasteiger partial charge in [-0.1, -0.05) is 18.2 Å². The summed E-state index contributed by atoms with van der Waals surface area (Å²) in [5.74, 6) is 0.675. The van der Waals surface area contributed by atoms with Crippen LogP contribution in [0.5, 0.6) is 5.75 Å². The number of nitrogens with zero attached hydrogens (tertiary/aromatic N) is 1. The largest absolute Gasteiger partial charge is 0.434 e. The third-order valence-corrected chi connectivity index (χ3v) is 3.66. The van der Waals surface area contributed by atoms with E-state index in [2.05, 4.69) is 10.1 Å². The van der Waals surface area contributed by atoms with E-state index in [9.17, 15) is 13.6 Å². The van der Waals surface area contributed by atoms with Crippen molar-refractivity contribution in [3.8, 4) is 5.75 Å². The van der Waals surface area contributed by atoms with Crippen LogP contribution >= 0.6 is 0 Å². The molecule has 1 aromatic carbocycles. The number of para-hydroxylation sites is 1. The van der Waals surface area contributed by atoms with E-state index in [1.807, 2.05) is 0 Å². The van der Waals surface area contributed by atoms with Crippen LogP contribution in [0.2, 0.25) is 0 Å². The summed E-state index contributed by atoms with van der Waals surface area (Å²) in [5.41, 5.74) is 0.583. The van der Waals surface area contributed by atoms with Crippen molar-refractivity contribution in [2.45, 2.75) is 25.6 Å². The molecule has 1 saturated heterocycles. The number of hydrogen-bond acceptors (Lipinski definition) is 3. The van der Waals surface area contributed by atoms with Gasteiger partial charge in [-0.05, 0) is 24.8 Å². The molecule has 1 aromatic rings. The maximum Gasteiger partial charge on any atom is 0.387 e.